The van der Waals surface area contributed by atoms with E-state index >= 15 is 0 Å². The Morgan fingerprint density at radius 3 is 2.70 bits per heavy atom. The molecule has 0 saturated heterocycles. The number of hydrogen-bond donors (Lipinski definition) is 1. The smallest absolute Gasteiger partial charge is 0.243 e. The molecule has 0 atom stereocenters. The Labute approximate surface area is 163 Å². The lowest BCUT2D eigenvalue weighted by atomic mass is 10.2. The molecule has 0 aliphatic carbocycles. The molecule has 0 aliphatic heterocycles. The SMILES string of the molecule is CCCn1nnnc1NCc1cc(Cl)c(OCc2ccccc2)c(OC)c1. The normalized spacial score (nSPS) is 10.6. The molecule has 0 fully saturated rings. The van der Waals surface area contributed by atoms with Crippen molar-refractivity contribution < 1.29 is 9.47 Å². The molecule has 0 unspecified atom stereocenters. The topological polar surface area (TPSA) is 74.1 Å². The second kappa shape index (κ2) is 9.23. The number of anilines is 1. The summed E-state index contributed by atoms with van der Waals surface area (Å²) in [4.78, 5) is 0. The lowest BCUT2D eigenvalue weighted by molar-refractivity contribution is 0.284. The van der Waals surface area contributed by atoms with Gasteiger partial charge in [-0.3, -0.25) is 0 Å². The molecule has 0 radical (unpaired) electrons. The zero-order valence-corrected chi connectivity index (χ0v) is 16.1. The predicted molar refractivity (Wildman–Crippen MR) is 104 cm³/mol. The monoisotopic (exact) mass is 387 g/mol. The first-order valence-corrected chi connectivity index (χ1v) is 9.12. The minimum absolute atomic E-state index is 0.417. The summed E-state index contributed by atoms with van der Waals surface area (Å²) in [5.74, 6) is 1.74. The van der Waals surface area contributed by atoms with Crippen molar-refractivity contribution in [3.05, 3.63) is 58.6 Å². The molecule has 142 valence electrons. The molecule has 0 aliphatic rings. The molecular formula is C19H22ClN5O2. The van der Waals surface area contributed by atoms with Gasteiger partial charge in [0.05, 0.1) is 12.1 Å². The molecule has 1 aromatic heterocycles. The van der Waals surface area contributed by atoms with Gasteiger partial charge in [-0.25, -0.2) is 4.68 Å². The van der Waals surface area contributed by atoms with Gasteiger partial charge in [-0.2, -0.15) is 0 Å². The van der Waals surface area contributed by atoms with Crippen LogP contribution >= 0.6 is 11.6 Å². The van der Waals surface area contributed by atoms with Crippen LogP contribution in [0.5, 0.6) is 11.5 Å². The fourth-order valence-corrected chi connectivity index (χ4v) is 2.91. The summed E-state index contributed by atoms with van der Waals surface area (Å²) in [6, 6.07) is 13.7. The average molecular weight is 388 g/mol. The van der Waals surface area contributed by atoms with E-state index in [1.54, 1.807) is 11.8 Å². The summed E-state index contributed by atoms with van der Waals surface area (Å²) in [5.41, 5.74) is 2.00. The Bertz CT molecular complexity index is 870. The average Bonchev–Trinajstić information content (AvgIpc) is 3.13. The first kappa shape index (κ1) is 19.0. The number of rotatable bonds is 9. The quantitative estimate of drug-likeness (QED) is 0.599. The summed E-state index contributed by atoms with van der Waals surface area (Å²) < 4.78 is 13.1. The predicted octanol–water partition coefficient (Wildman–Crippen LogP) is 3.94. The molecule has 0 spiro atoms. The van der Waals surface area contributed by atoms with E-state index in [0.29, 0.717) is 35.6 Å². The van der Waals surface area contributed by atoms with E-state index in [1.807, 2.05) is 42.5 Å². The molecule has 8 heteroatoms. The number of aryl methyl sites for hydroxylation is 1. The van der Waals surface area contributed by atoms with Crippen LogP contribution in [0.1, 0.15) is 24.5 Å². The maximum atomic E-state index is 6.44. The number of benzene rings is 2. The van der Waals surface area contributed by atoms with Gasteiger partial charge in [0.1, 0.15) is 6.61 Å². The number of nitrogens with zero attached hydrogens (tertiary/aromatic N) is 4. The second-order valence-corrected chi connectivity index (χ2v) is 6.37. The van der Waals surface area contributed by atoms with Crippen LogP contribution in [0.25, 0.3) is 0 Å². The second-order valence-electron chi connectivity index (χ2n) is 5.96. The zero-order valence-electron chi connectivity index (χ0n) is 15.4. The Balaban J connectivity index is 1.70. The Hall–Kier alpha value is -2.80. The van der Waals surface area contributed by atoms with Crippen LogP contribution in [0.15, 0.2) is 42.5 Å². The van der Waals surface area contributed by atoms with E-state index in [2.05, 4.69) is 27.8 Å². The van der Waals surface area contributed by atoms with E-state index in [9.17, 15) is 0 Å². The highest BCUT2D eigenvalue weighted by Gasteiger charge is 2.13. The minimum Gasteiger partial charge on any atom is -0.493 e. The van der Waals surface area contributed by atoms with E-state index in [0.717, 1.165) is 24.1 Å². The highest BCUT2D eigenvalue weighted by Crippen LogP contribution is 2.37. The maximum absolute atomic E-state index is 6.44. The molecule has 1 N–H and O–H groups in total. The lowest BCUT2D eigenvalue weighted by Crippen LogP contribution is -2.09. The third kappa shape index (κ3) is 4.89. The van der Waals surface area contributed by atoms with E-state index in [4.69, 9.17) is 21.1 Å². The van der Waals surface area contributed by atoms with Gasteiger partial charge in [-0.1, -0.05) is 54.0 Å². The van der Waals surface area contributed by atoms with Gasteiger partial charge in [-0.05, 0) is 40.1 Å². The van der Waals surface area contributed by atoms with Crippen molar-refractivity contribution in [1.82, 2.24) is 20.2 Å². The number of hydrogen-bond acceptors (Lipinski definition) is 6. The first-order valence-electron chi connectivity index (χ1n) is 8.74. The van der Waals surface area contributed by atoms with Gasteiger partial charge < -0.3 is 14.8 Å². The molecule has 27 heavy (non-hydrogen) atoms. The van der Waals surface area contributed by atoms with Crippen LogP contribution in [-0.4, -0.2) is 27.3 Å². The van der Waals surface area contributed by atoms with Crippen molar-refractivity contribution in [2.75, 3.05) is 12.4 Å². The van der Waals surface area contributed by atoms with Gasteiger partial charge in [0.15, 0.2) is 11.5 Å². The van der Waals surface area contributed by atoms with Crippen LogP contribution in [-0.2, 0) is 19.7 Å². The van der Waals surface area contributed by atoms with Crippen molar-refractivity contribution >= 4 is 17.5 Å². The number of methoxy groups -OCH3 is 1. The van der Waals surface area contributed by atoms with Crippen molar-refractivity contribution in [3.63, 3.8) is 0 Å². The van der Waals surface area contributed by atoms with E-state index in [1.165, 1.54) is 0 Å². The number of nitrogens with one attached hydrogen (secondary N) is 1. The summed E-state index contributed by atoms with van der Waals surface area (Å²) in [5, 5.41) is 15.4. The summed E-state index contributed by atoms with van der Waals surface area (Å²) in [6.07, 6.45) is 0.951. The molecule has 2 aromatic carbocycles. The Kier molecular flexibility index (Phi) is 6.49. The van der Waals surface area contributed by atoms with E-state index in [-0.39, 0.29) is 0 Å². The number of tetrazole rings is 1. The van der Waals surface area contributed by atoms with Crippen molar-refractivity contribution in [2.45, 2.75) is 33.0 Å². The number of halogens is 1. The molecule has 3 aromatic rings. The van der Waals surface area contributed by atoms with Crippen molar-refractivity contribution in [1.29, 1.82) is 0 Å². The lowest BCUT2D eigenvalue weighted by Gasteiger charge is -2.15. The minimum atomic E-state index is 0.417. The van der Waals surface area contributed by atoms with Crippen molar-refractivity contribution in [2.24, 2.45) is 0 Å². The van der Waals surface area contributed by atoms with Crippen LogP contribution in [0.4, 0.5) is 5.95 Å². The standard InChI is InChI=1S/C19H22ClN5O2/c1-3-9-25-19(22-23-24-25)21-12-15-10-16(20)18(17(11-15)26-2)27-13-14-7-5-4-6-8-14/h4-8,10-11H,3,9,12-13H2,1-2H3,(H,21,22,24). The number of aromatic nitrogens is 4. The largest absolute Gasteiger partial charge is 0.493 e. The van der Waals surface area contributed by atoms with Crippen molar-refractivity contribution in [3.8, 4) is 11.5 Å². The summed E-state index contributed by atoms with van der Waals surface area (Å²) >= 11 is 6.44. The van der Waals surface area contributed by atoms with Gasteiger partial charge >= 0.3 is 0 Å². The summed E-state index contributed by atoms with van der Waals surface area (Å²) in [7, 11) is 1.60. The molecule has 3 rings (SSSR count). The highest BCUT2D eigenvalue weighted by atomic mass is 35.5. The summed E-state index contributed by atoms with van der Waals surface area (Å²) in [6.45, 7) is 3.76. The van der Waals surface area contributed by atoms with Crippen LogP contribution in [0.2, 0.25) is 5.02 Å². The number of ether oxygens (including phenoxy) is 2. The molecule has 0 bridgehead atoms. The Morgan fingerprint density at radius 1 is 1.15 bits per heavy atom. The molecule has 7 nitrogen and oxygen atoms in total. The zero-order chi connectivity index (χ0) is 19.1. The molecular weight excluding hydrogens is 366 g/mol. The van der Waals surface area contributed by atoms with Crippen LogP contribution in [0.3, 0.4) is 0 Å². The fourth-order valence-electron chi connectivity index (χ4n) is 2.62. The van der Waals surface area contributed by atoms with Gasteiger partial charge in [0.2, 0.25) is 5.95 Å². The van der Waals surface area contributed by atoms with Gasteiger partial charge in [0.25, 0.3) is 0 Å². The molecule has 0 saturated carbocycles. The molecule has 0 amide bonds. The van der Waals surface area contributed by atoms with E-state index < -0.39 is 0 Å². The van der Waals surface area contributed by atoms with Crippen LogP contribution in [0, 0.1) is 0 Å². The fraction of sp³-hybridized carbons (Fsp3) is 0.316. The molecule has 1 heterocycles. The first-order chi connectivity index (χ1) is 13.2. The van der Waals surface area contributed by atoms with Crippen LogP contribution < -0.4 is 14.8 Å². The highest BCUT2D eigenvalue weighted by molar-refractivity contribution is 6.32. The Morgan fingerprint density at radius 2 is 1.96 bits per heavy atom. The maximum Gasteiger partial charge on any atom is 0.243 e. The third-order valence-electron chi connectivity index (χ3n) is 3.93. The van der Waals surface area contributed by atoms with Gasteiger partial charge in [-0.15, -0.1) is 0 Å². The third-order valence-corrected chi connectivity index (χ3v) is 4.21. The van der Waals surface area contributed by atoms with Gasteiger partial charge in [0, 0.05) is 13.1 Å².